The van der Waals surface area contributed by atoms with Crippen LogP contribution in [0.1, 0.15) is 33.3 Å². The van der Waals surface area contributed by atoms with Gasteiger partial charge in [-0.2, -0.15) is 9.41 Å². The maximum Gasteiger partial charge on any atom is 0.290 e. The number of hydrogen-bond donors (Lipinski definition) is 1. The molecule has 5 aromatic rings. The lowest BCUT2D eigenvalue weighted by Gasteiger charge is -2.21. The van der Waals surface area contributed by atoms with Crippen LogP contribution in [-0.4, -0.2) is 34.2 Å². The monoisotopic (exact) mass is 595 g/mol. The standard InChI is InChI=1S/C28H23Cl2N5O4S/c1-19-27(35-15-3-2-4-26(35)32-19)28(36)33-31-16-23-11-12-24(39-23)18-34(17-20-5-7-21(29)8-6-20)40(37,38)25-13-9-22(30)10-14-25/h2-16H,17-18H2,1H3,(H,33,36)/b31-16+. The van der Waals surface area contributed by atoms with Crippen molar-refractivity contribution in [2.75, 3.05) is 0 Å². The zero-order valence-corrected chi connectivity index (χ0v) is 23.5. The molecule has 0 saturated carbocycles. The minimum atomic E-state index is -3.91. The maximum atomic E-state index is 13.5. The number of carbonyl (C=O) groups is 1. The number of pyridine rings is 1. The molecule has 0 radical (unpaired) electrons. The molecule has 5 rings (SSSR count). The zero-order chi connectivity index (χ0) is 28.3. The van der Waals surface area contributed by atoms with E-state index < -0.39 is 15.9 Å². The molecular formula is C28H23Cl2N5O4S. The molecule has 0 bridgehead atoms. The number of imidazole rings is 1. The van der Waals surface area contributed by atoms with Crippen LogP contribution in [0, 0.1) is 6.92 Å². The Hall–Kier alpha value is -3.96. The summed E-state index contributed by atoms with van der Waals surface area (Å²) in [6, 6.07) is 21.7. The number of benzene rings is 2. The summed E-state index contributed by atoms with van der Waals surface area (Å²) in [7, 11) is -3.91. The van der Waals surface area contributed by atoms with Gasteiger partial charge in [-0.15, -0.1) is 0 Å². The normalized spacial score (nSPS) is 12.0. The first kappa shape index (κ1) is 27.6. The third kappa shape index (κ3) is 6.10. The molecular weight excluding hydrogens is 573 g/mol. The van der Waals surface area contributed by atoms with Gasteiger partial charge in [0.05, 0.1) is 23.3 Å². The van der Waals surface area contributed by atoms with Gasteiger partial charge in [-0.05, 0) is 73.2 Å². The van der Waals surface area contributed by atoms with E-state index in [1.54, 1.807) is 60.0 Å². The van der Waals surface area contributed by atoms with Crippen molar-refractivity contribution < 1.29 is 17.6 Å². The third-order valence-corrected chi connectivity index (χ3v) is 8.33. The van der Waals surface area contributed by atoms with Crippen molar-refractivity contribution in [2.24, 2.45) is 5.10 Å². The summed E-state index contributed by atoms with van der Waals surface area (Å²) in [6.45, 7) is 1.79. The van der Waals surface area contributed by atoms with Crippen molar-refractivity contribution in [3.63, 3.8) is 0 Å². The Kier molecular flexibility index (Phi) is 8.04. The first-order valence-electron chi connectivity index (χ1n) is 12.1. The van der Waals surface area contributed by atoms with E-state index in [1.165, 1.54) is 34.8 Å². The molecule has 0 atom stereocenters. The van der Waals surface area contributed by atoms with Gasteiger partial charge in [0, 0.05) is 22.8 Å². The van der Waals surface area contributed by atoms with Crippen LogP contribution >= 0.6 is 23.2 Å². The number of carbonyl (C=O) groups excluding carboxylic acids is 1. The summed E-state index contributed by atoms with van der Waals surface area (Å²) < 4.78 is 35.9. The van der Waals surface area contributed by atoms with E-state index >= 15 is 0 Å². The smallest absolute Gasteiger partial charge is 0.290 e. The van der Waals surface area contributed by atoms with Gasteiger partial charge in [-0.25, -0.2) is 18.8 Å². The molecule has 0 aliphatic rings. The summed E-state index contributed by atoms with van der Waals surface area (Å²) in [5.74, 6) is 0.292. The largest absolute Gasteiger partial charge is 0.459 e. The third-order valence-electron chi connectivity index (χ3n) is 6.02. The van der Waals surface area contributed by atoms with Gasteiger partial charge in [0.2, 0.25) is 10.0 Å². The SMILES string of the molecule is Cc1nc2ccccn2c1C(=O)N/N=C/c1ccc(CN(Cc2ccc(Cl)cc2)S(=O)(=O)c2ccc(Cl)cc2)o1. The summed E-state index contributed by atoms with van der Waals surface area (Å²) in [5.41, 5.74) is 4.84. The van der Waals surface area contributed by atoms with E-state index in [4.69, 9.17) is 27.6 Å². The highest BCUT2D eigenvalue weighted by molar-refractivity contribution is 7.89. The van der Waals surface area contributed by atoms with Gasteiger partial charge in [-0.1, -0.05) is 41.4 Å². The predicted octanol–water partition coefficient (Wildman–Crippen LogP) is 5.70. The van der Waals surface area contributed by atoms with Crippen LogP contribution in [0.25, 0.3) is 5.65 Å². The molecule has 0 saturated heterocycles. The minimum absolute atomic E-state index is 0.0468. The molecule has 1 N–H and O–H groups in total. The fraction of sp³-hybridized carbons (Fsp3) is 0.107. The number of amides is 1. The average molecular weight is 596 g/mol. The number of nitrogens with zero attached hydrogens (tertiary/aromatic N) is 4. The van der Waals surface area contributed by atoms with Crippen LogP contribution in [0.3, 0.4) is 0 Å². The Labute approximate surface area is 240 Å². The highest BCUT2D eigenvalue weighted by Crippen LogP contribution is 2.24. The molecule has 0 fully saturated rings. The second-order valence-electron chi connectivity index (χ2n) is 8.83. The molecule has 0 unspecified atom stereocenters. The number of furan rings is 1. The molecule has 0 aliphatic carbocycles. The van der Waals surface area contributed by atoms with Crippen molar-refractivity contribution in [1.82, 2.24) is 19.1 Å². The number of aromatic nitrogens is 2. The van der Waals surface area contributed by atoms with E-state index in [1.807, 2.05) is 12.1 Å². The number of hydrazone groups is 1. The first-order valence-corrected chi connectivity index (χ1v) is 14.3. The number of rotatable bonds is 9. The Morgan fingerprint density at radius 1 is 1.00 bits per heavy atom. The second kappa shape index (κ2) is 11.6. The highest BCUT2D eigenvalue weighted by Gasteiger charge is 2.26. The first-order chi connectivity index (χ1) is 19.2. The van der Waals surface area contributed by atoms with Gasteiger partial charge in [0.1, 0.15) is 22.9 Å². The van der Waals surface area contributed by atoms with Crippen LogP contribution in [0.15, 0.2) is 99.5 Å². The van der Waals surface area contributed by atoms with Crippen molar-refractivity contribution in [3.8, 4) is 0 Å². The highest BCUT2D eigenvalue weighted by atomic mass is 35.5. The predicted molar refractivity (Wildman–Crippen MR) is 153 cm³/mol. The van der Waals surface area contributed by atoms with Crippen LogP contribution < -0.4 is 5.43 Å². The molecule has 0 spiro atoms. The topological polar surface area (TPSA) is 109 Å². The molecule has 2 aromatic carbocycles. The number of hydrogen-bond acceptors (Lipinski definition) is 6. The lowest BCUT2D eigenvalue weighted by atomic mass is 10.2. The molecule has 12 heteroatoms. The molecule has 3 aromatic heterocycles. The van der Waals surface area contributed by atoms with E-state index in [2.05, 4.69) is 15.5 Å². The van der Waals surface area contributed by atoms with Gasteiger partial charge in [0.25, 0.3) is 5.91 Å². The summed E-state index contributed by atoms with van der Waals surface area (Å²) in [5, 5.41) is 4.98. The fourth-order valence-corrected chi connectivity index (χ4v) is 5.74. The molecule has 40 heavy (non-hydrogen) atoms. The van der Waals surface area contributed by atoms with E-state index in [0.29, 0.717) is 38.6 Å². The molecule has 3 heterocycles. The fourth-order valence-electron chi connectivity index (χ4n) is 4.09. The Morgan fingerprint density at radius 2 is 1.70 bits per heavy atom. The number of halogens is 2. The van der Waals surface area contributed by atoms with Crippen molar-refractivity contribution in [2.45, 2.75) is 24.9 Å². The Balaban J connectivity index is 1.33. The van der Waals surface area contributed by atoms with Gasteiger partial charge in [-0.3, -0.25) is 9.20 Å². The number of fused-ring (bicyclic) bond motifs is 1. The van der Waals surface area contributed by atoms with E-state index in [9.17, 15) is 13.2 Å². The lowest BCUT2D eigenvalue weighted by Crippen LogP contribution is -2.30. The number of sulfonamides is 1. The van der Waals surface area contributed by atoms with Crippen molar-refractivity contribution in [3.05, 3.63) is 124 Å². The lowest BCUT2D eigenvalue weighted by molar-refractivity contribution is 0.0948. The summed E-state index contributed by atoms with van der Waals surface area (Å²) in [4.78, 5) is 17.2. The van der Waals surface area contributed by atoms with Crippen molar-refractivity contribution in [1.29, 1.82) is 0 Å². The molecule has 1 amide bonds. The van der Waals surface area contributed by atoms with Gasteiger partial charge >= 0.3 is 0 Å². The zero-order valence-electron chi connectivity index (χ0n) is 21.2. The van der Waals surface area contributed by atoms with Crippen molar-refractivity contribution >= 4 is 51.0 Å². The van der Waals surface area contributed by atoms with Gasteiger partial charge < -0.3 is 4.42 Å². The van der Waals surface area contributed by atoms with Gasteiger partial charge in [0.15, 0.2) is 0 Å². The van der Waals surface area contributed by atoms with E-state index in [-0.39, 0.29) is 18.0 Å². The summed E-state index contributed by atoms with van der Waals surface area (Å²) in [6.07, 6.45) is 3.10. The second-order valence-corrected chi connectivity index (χ2v) is 11.6. The Morgan fingerprint density at radius 3 is 2.42 bits per heavy atom. The minimum Gasteiger partial charge on any atom is -0.459 e. The number of aryl methyl sites for hydroxylation is 1. The Bertz CT molecular complexity index is 1800. The van der Waals surface area contributed by atoms with E-state index in [0.717, 1.165) is 5.56 Å². The van der Waals surface area contributed by atoms with Crippen LogP contribution in [0.2, 0.25) is 10.0 Å². The van der Waals surface area contributed by atoms with Crippen LogP contribution in [-0.2, 0) is 23.1 Å². The average Bonchev–Trinajstić information content (AvgIpc) is 3.52. The van der Waals surface area contributed by atoms with Crippen LogP contribution in [0.4, 0.5) is 0 Å². The molecule has 9 nitrogen and oxygen atoms in total. The van der Waals surface area contributed by atoms with Crippen LogP contribution in [0.5, 0.6) is 0 Å². The molecule has 0 aliphatic heterocycles. The molecule has 204 valence electrons. The maximum absolute atomic E-state index is 13.5. The quantitative estimate of drug-likeness (QED) is 0.174. The summed E-state index contributed by atoms with van der Waals surface area (Å²) >= 11 is 12.0. The number of nitrogens with one attached hydrogen (secondary N) is 1.